The predicted octanol–water partition coefficient (Wildman–Crippen LogP) is 3.55. The molecule has 1 aromatic heterocycles. The molecule has 1 atom stereocenters. The van der Waals surface area contributed by atoms with Crippen molar-refractivity contribution in [2.24, 2.45) is 0 Å². The monoisotopic (exact) mass is 303 g/mol. The summed E-state index contributed by atoms with van der Waals surface area (Å²) in [4.78, 5) is 16.2. The zero-order valence-corrected chi connectivity index (χ0v) is 11.1. The molecule has 0 N–H and O–H groups in total. The second-order valence-corrected chi connectivity index (χ2v) is 5.08. The van der Waals surface area contributed by atoms with E-state index in [1.807, 2.05) is 24.3 Å². The molecule has 3 rings (SSSR count). The van der Waals surface area contributed by atoms with Gasteiger partial charge in [-0.3, -0.25) is 9.78 Å². The molecule has 0 saturated carbocycles. The Balaban J connectivity index is 1.97. The van der Waals surface area contributed by atoms with E-state index in [2.05, 4.69) is 20.9 Å². The molecule has 2 heterocycles. The van der Waals surface area contributed by atoms with Crippen molar-refractivity contribution in [2.75, 3.05) is 0 Å². The van der Waals surface area contributed by atoms with Gasteiger partial charge in [0.2, 0.25) is 0 Å². The lowest BCUT2D eigenvalue weighted by Gasteiger charge is -2.25. The van der Waals surface area contributed by atoms with Crippen LogP contribution < -0.4 is 4.74 Å². The van der Waals surface area contributed by atoms with Crippen LogP contribution in [0.4, 0.5) is 0 Å². The van der Waals surface area contributed by atoms with Crippen molar-refractivity contribution in [3.8, 4) is 5.75 Å². The predicted molar refractivity (Wildman–Crippen MR) is 70.7 cm³/mol. The van der Waals surface area contributed by atoms with Gasteiger partial charge in [-0.25, -0.2) is 0 Å². The molecule has 0 fully saturated rings. The smallest absolute Gasteiger partial charge is 0.170 e. The average Bonchev–Trinajstić information content (AvgIpc) is 2.40. The Morgan fingerprint density at radius 3 is 3.00 bits per heavy atom. The summed E-state index contributed by atoms with van der Waals surface area (Å²) in [6, 6.07) is 9.27. The van der Waals surface area contributed by atoms with Crippen molar-refractivity contribution in [1.82, 2.24) is 4.98 Å². The van der Waals surface area contributed by atoms with Crippen molar-refractivity contribution in [3.63, 3.8) is 0 Å². The van der Waals surface area contributed by atoms with Gasteiger partial charge in [-0.15, -0.1) is 0 Å². The average molecular weight is 304 g/mol. The quantitative estimate of drug-likeness (QED) is 0.809. The Kier molecular flexibility index (Phi) is 2.88. The van der Waals surface area contributed by atoms with Gasteiger partial charge in [0.1, 0.15) is 11.9 Å². The molecule has 1 aliphatic heterocycles. The van der Waals surface area contributed by atoms with E-state index < -0.39 is 0 Å². The van der Waals surface area contributed by atoms with Crippen LogP contribution in [0.25, 0.3) is 0 Å². The number of hydrogen-bond acceptors (Lipinski definition) is 3. The molecule has 4 heteroatoms. The van der Waals surface area contributed by atoms with Crippen LogP contribution in [0.15, 0.2) is 47.2 Å². The van der Waals surface area contributed by atoms with Gasteiger partial charge in [0.05, 0.1) is 12.0 Å². The number of carbonyl (C=O) groups is 1. The molecule has 0 unspecified atom stereocenters. The van der Waals surface area contributed by atoms with Gasteiger partial charge in [-0.1, -0.05) is 22.0 Å². The molecule has 1 aliphatic rings. The molecule has 0 spiro atoms. The van der Waals surface area contributed by atoms with E-state index in [1.165, 1.54) is 0 Å². The molecule has 0 saturated heterocycles. The van der Waals surface area contributed by atoms with Crippen LogP contribution in [0.3, 0.4) is 0 Å². The highest BCUT2D eigenvalue weighted by molar-refractivity contribution is 9.10. The molecule has 0 bridgehead atoms. The number of aromatic nitrogens is 1. The zero-order valence-electron chi connectivity index (χ0n) is 9.47. The number of fused-ring (bicyclic) bond motifs is 1. The molecule has 90 valence electrons. The Morgan fingerprint density at radius 2 is 2.22 bits per heavy atom. The van der Waals surface area contributed by atoms with E-state index in [9.17, 15) is 4.79 Å². The van der Waals surface area contributed by atoms with E-state index in [1.54, 1.807) is 18.5 Å². The van der Waals surface area contributed by atoms with Gasteiger partial charge in [-0.05, 0) is 24.3 Å². The van der Waals surface area contributed by atoms with Crippen LogP contribution in [-0.4, -0.2) is 10.8 Å². The number of nitrogens with zero attached hydrogens (tertiary/aromatic N) is 1. The van der Waals surface area contributed by atoms with Crippen LogP contribution in [0.5, 0.6) is 5.75 Å². The molecule has 0 radical (unpaired) electrons. The molecule has 2 aromatic rings. The first-order valence-electron chi connectivity index (χ1n) is 5.63. The summed E-state index contributed by atoms with van der Waals surface area (Å²) in [5.74, 6) is 0.745. The van der Waals surface area contributed by atoms with Crippen molar-refractivity contribution >= 4 is 21.7 Å². The summed E-state index contributed by atoms with van der Waals surface area (Å²) in [5.41, 5.74) is 1.57. The number of Topliss-reactive ketones (excluding diaryl/α,β-unsaturated/α-hetero) is 1. The van der Waals surface area contributed by atoms with E-state index in [-0.39, 0.29) is 11.9 Å². The third kappa shape index (κ3) is 2.04. The summed E-state index contributed by atoms with van der Waals surface area (Å²) in [7, 11) is 0. The summed E-state index contributed by atoms with van der Waals surface area (Å²) in [5, 5.41) is 0. The standard InChI is InChI=1S/C14H10BrNO2/c15-10-3-4-13-11(6-10)12(17)7-14(18-13)9-2-1-5-16-8-9/h1-6,8,14H,7H2/t14-/m0/s1. The van der Waals surface area contributed by atoms with Crippen molar-refractivity contribution in [1.29, 1.82) is 0 Å². The van der Waals surface area contributed by atoms with Crippen molar-refractivity contribution in [3.05, 3.63) is 58.3 Å². The second kappa shape index (κ2) is 4.53. The zero-order chi connectivity index (χ0) is 12.5. The minimum absolute atomic E-state index is 0.103. The third-order valence-corrected chi connectivity index (χ3v) is 3.43. The van der Waals surface area contributed by atoms with Gasteiger partial charge in [0.15, 0.2) is 5.78 Å². The minimum atomic E-state index is -0.236. The lowest BCUT2D eigenvalue weighted by molar-refractivity contribution is 0.0849. The Bertz CT molecular complexity index is 598. The van der Waals surface area contributed by atoms with Gasteiger partial charge < -0.3 is 4.74 Å². The maximum atomic E-state index is 12.1. The summed E-state index contributed by atoms with van der Waals surface area (Å²) >= 11 is 3.36. The number of pyridine rings is 1. The molecular weight excluding hydrogens is 294 g/mol. The fourth-order valence-electron chi connectivity index (χ4n) is 2.05. The maximum Gasteiger partial charge on any atom is 0.170 e. The first-order valence-corrected chi connectivity index (χ1v) is 6.42. The molecule has 1 aromatic carbocycles. The minimum Gasteiger partial charge on any atom is -0.484 e. The lowest BCUT2D eigenvalue weighted by Crippen LogP contribution is -2.20. The molecule has 0 aliphatic carbocycles. The normalized spacial score (nSPS) is 18.1. The molecular formula is C14H10BrNO2. The van der Waals surface area contributed by atoms with Crippen LogP contribution in [0.2, 0.25) is 0 Å². The molecule has 0 amide bonds. The first kappa shape index (κ1) is 11.4. The topological polar surface area (TPSA) is 39.2 Å². The van der Waals surface area contributed by atoms with Crippen molar-refractivity contribution < 1.29 is 9.53 Å². The molecule has 18 heavy (non-hydrogen) atoms. The number of hydrogen-bond donors (Lipinski definition) is 0. The number of rotatable bonds is 1. The third-order valence-electron chi connectivity index (χ3n) is 2.94. The van der Waals surface area contributed by atoms with Crippen LogP contribution in [0.1, 0.15) is 28.4 Å². The first-order chi connectivity index (χ1) is 8.74. The van der Waals surface area contributed by atoms with E-state index in [0.717, 1.165) is 10.0 Å². The summed E-state index contributed by atoms with van der Waals surface area (Å²) < 4.78 is 6.75. The van der Waals surface area contributed by atoms with Crippen LogP contribution in [0, 0.1) is 0 Å². The maximum absolute atomic E-state index is 12.1. The van der Waals surface area contributed by atoms with Gasteiger partial charge in [-0.2, -0.15) is 0 Å². The van der Waals surface area contributed by atoms with Crippen molar-refractivity contribution in [2.45, 2.75) is 12.5 Å². The fourth-order valence-corrected chi connectivity index (χ4v) is 2.41. The second-order valence-electron chi connectivity index (χ2n) is 4.16. The number of ether oxygens (including phenoxy) is 1. The van der Waals surface area contributed by atoms with Gasteiger partial charge in [0.25, 0.3) is 0 Å². The highest BCUT2D eigenvalue weighted by Crippen LogP contribution is 2.35. The van der Waals surface area contributed by atoms with Gasteiger partial charge >= 0.3 is 0 Å². The Labute approximate surface area is 113 Å². The highest BCUT2D eigenvalue weighted by Gasteiger charge is 2.27. The Morgan fingerprint density at radius 1 is 1.33 bits per heavy atom. The number of carbonyl (C=O) groups excluding carboxylic acids is 1. The fraction of sp³-hybridized carbons (Fsp3) is 0.143. The highest BCUT2D eigenvalue weighted by atomic mass is 79.9. The summed E-state index contributed by atoms with van der Waals surface area (Å²) in [6.45, 7) is 0. The van der Waals surface area contributed by atoms with E-state index in [0.29, 0.717) is 17.7 Å². The number of benzene rings is 1. The largest absolute Gasteiger partial charge is 0.484 e. The molecule has 3 nitrogen and oxygen atoms in total. The van der Waals surface area contributed by atoms with E-state index in [4.69, 9.17) is 4.74 Å². The Hall–Kier alpha value is -1.68. The SMILES string of the molecule is O=C1C[C@@H](c2cccnc2)Oc2ccc(Br)cc21. The lowest BCUT2D eigenvalue weighted by atomic mass is 9.97. The number of halogens is 1. The summed E-state index contributed by atoms with van der Waals surface area (Å²) in [6.07, 6.45) is 3.57. The van der Waals surface area contributed by atoms with Crippen LogP contribution in [-0.2, 0) is 0 Å². The van der Waals surface area contributed by atoms with Crippen LogP contribution >= 0.6 is 15.9 Å². The number of ketones is 1. The van der Waals surface area contributed by atoms with E-state index >= 15 is 0 Å². The van der Waals surface area contributed by atoms with Gasteiger partial charge in [0, 0.05) is 22.4 Å².